The molecule has 2 nitrogen and oxygen atoms in total. The highest BCUT2D eigenvalue weighted by atomic mass is 19.1. The molecule has 0 aliphatic rings. The van der Waals surface area contributed by atoms with E-state index in [1.165, 1.54) is 49.3 Å². The van der Waals surface area contributed by atoms with Gasteiger partial charge in [0.1, 0.15) is 5.82 Å². The van der Waals surface area contributed by atoms with Gasteiger partial charge in [0.15, 0.2) is 0 Å². The van der Waals surface area contributed by atoms with E-state index in [1.807, 2.05) is 24.4 Å². The van der Waals surface area contributed by atoms with Gasteiger partial charge in [0.2, 0.25) is 0 Å². The Labute approximate surface area is 193 Å². The number of hydrogen-bond acceptors (Lipinski definition) is 2. The SMILES string of the molecule is C=CNc1ccc(Cc2ccnc3cc(CCC(CCC)CCC)c(CC)cc23)c(F)c1. The summed E-state index contributed by atoms with van der Waals surface area (Å²) < 4.78 is 14.7. The van der Waals surface area contributed by atoms with E-state index in [2.05, 4.69) is 49.8 Å². The molecule has 1 N–H and O–H groups in total. The highest BCUT2D eigenvalue weighted by molar-refractivity contribution is 5.84. The molecule has 3 rings (SSSR count). The molecule has 32 heavy (non-hydrogen) atoms. The molecular weight excluding hydrogens is 395 g/mol. The van der Waals surface area contributed by atoms with Crippen molar-refractivity contribution in [3.63, 3.8) is 0 Å². The Morgan fingerprint density at radius 2 is 1.72 bits per heavy atom. The first-order chi connectivity index (χ1) is 15.6. The second kappa shape index (κ2) is 11.8. The molecule has 0 amide bonds. The number of aryl methyl sites for hydroxylation is 2. The molecule has 3 heteroatoms. The molecule has 2 aromatic carbocycles. The van der Waals surface area contributed by atoms with Crippen LogP contribution in [0, 0.1) is 11.7 Å². The Kier molecular flexibility index (Phi) is 8.84. The van der Waals surface area contributed by atoms with E-state index in [0.717, 1.165) is 35.2 Å². The van der Waals surface area contributed by atoms with Crippen molar-refractivity contribution in [2.24, 2.45) is 5.92 Å². The number of fused-ring (bicyclic) bond motifs is 1. The summed E-state index contributed by atoms with van der Waals surface area (Å²) >= 11 is 0. The van der Waals surface area contributed by atoms with Crippen molar-refractivity contribution in [3.05, 3.63) is 83.4 Å². The van der Waals surface area contributed by atoms with Crippen LogP contribution < -0.4 is 5.32 Å². The maximum absolute atomic E-state index is 14.7. The lowest BCUT2D eigenvalue weighted by Gasteiger charge is -2.17. The average Bonchev–Trinajstić information content (AvgIpc) is 2.79. The summed E-state index contributed by atoms with van der Waals surface area (Å²) in [5, 5.41) is 4.08. The summed E-state index contributed by atoms with van der Waals surface area (Å²) in [6.07, 6.45) is 12.5. The molecule has 0 fully saturated rings. The van der Waals surface area contributed by atoms with Crippen LogP contribution in [0.3, 0.4) is 0 Å². The van der Waals surface area contributed by atoms with Gasteiger partial charge in [-0.05, 0) is 84.0 Å². The molecule has 170 valence electrons. The Morgan fingerprint density at radius 1 is 0.938 bits per heavy atom. The van der Waals surface area contributed by atoms with Crippen molar-refractivity contribution < 1.29 is 4.39 Å². The zero-order valence-electron chi connectivity index (χ0n) is 19.9. The molecule has 0 spiro atoms. The van der Waals surface area contributed by atoms with E-state index in [4.69, 9.17) is 0 Å². The standard InChI is InChI=1S/C29H37FN2/c1-5-9-21(10-6-2)11-12-23-19-29-27(18-22(23)7-3)24(15-16-32-29)17-25-13-14-26(31-8-4)20-28(25)30/h8,13-16,18-21,31H,4-7,9-12,17H2,1-3H3. The van der Waals surface area contributed by atoms with Crippen LogP contribution in [0.4, 0.5) is 10.1 Å². The predicted octanol–water partition coefficient (Wildman–Crippen LogP) is 8.23. The van der Waals surface area contributed by atoms with Crippen LogP contribution in [-0.4, -0.2) is 4.98 Å². The summed E-state index contributed by atoms with van der Waals surface area (Å²) in [5.41, 5.74) is 6.36. The third-order valence-corrected chi connectivity index (χ3v) is 6.45. The Bertz CT molecular complexity index is 1030. The largest absolute Gasteiger partial charge is 0.362 e. The van der Waals surface area contributed by atoms with E-state index >= 15 is 0 Å². The molecule has 0 aliphatic carbocycles. The third-order valence-electron chi connectivity index (χ3n) is 6.45. The Balaban J connectivity index is 1.88. The summed E-state index contributed by atoms with van der Waals surface area (Å²) in [7, 11) is 0. The van der Waals surface area contributed by atoms with Crippen molar-refractivity contribution in [1.29, 1.82) is 0 Å². The first-order valence-electron chi connectivity index (χ1n) is 12.1. The van der Waals surface area contributed by atoms with Crippen LogP contribution in [-0.2, 0) is 19.3 Å². The first kappa shape index (κ1) is 24.0. The summed E-state index contributed by atoms with van der Waals surface area (Å²) in [4.78, 5) is 4.67. The lowest BCUT2D eigenvalue weighted by atomic mass is 9.89. The Morgan fingerprint density at radius 3 is 2.38 bits per heavy atom. The molecule has 0 unspecified atom stereocenters. The number of anilines is 1. The molecule has 3 aromatic rings. The van der Waals surface area contributed by atoms with Crippen LogP contribution in [0.5, 0.6) is 0 Å². The van der Waals surface area contributed by atoms with Crippen LogP contribution >= 0.6 is 0 Å². The van der Waals surface area contributed by atoms with Crippen LogP contribution in [0.1, 0.15) is 75.1 Å². The smallest absolute Gasteiger partial charge is 0.128 e. The maximum Gasteiger partial charge on any atom is 0.128 e. The van der Waals surface area contributed by atoms with Crippen molar-refractivity contribution in [3.8, 4) is 0 Å². The van der Waals surface area contributed by atoms with Crippen molar-refractivity contribution in [1.82, 2.24) is 4.98 Å². The first-order valence-corrected chi connectivity index (χ1v) is 12.1. The molecule has 0 aliphatic heterocycles. The minimum Gasteiger partial charge on any atom is -0.362 e. The molecule has 0 atom stereocenters. The van der Waals surface area contributed by atoms with Gasteiger partial charge in [0.25, 0.3) is 0 Å². The number of halogens is 1. The lowest BCUT2D eigenvalue weighted by molar-refractivity contribution is 0.411. The van der Waals surface area contributed by atoms with E-state index in [1.54, 1.807) is 6.20 Å². The highest BCUT2D eigenvalue weighted by Crippen LogP contribution is 2.28. The minimum absolute atomic E-state index is 0.202. The van der Waals surface area contributed by atoms with Crippen molar-refractivity contribution in [2.45, 2.75) is 72.1 Å². The number of nitrogens with zero attached hydrogens (tertiary/aromatic N) is 1. The van der Waals surface area contributed by atoms with Gasteiger partial charge in [-0.3, -0.25) is 4.98 Å². The molecular formula is C29H37FN2. The van der Waals surface area contributed by atoms with Gasteiger partial charge in [0, 0.05) is 23.7 Å². The normalized spacial score (nSPS) is 11.3. The number of hydrogen-bond donors (Lipinski definition) is 1. The average molecular weight is 433 g/mol. The van der Waals surface area contributed by atoms with Crippen LogP contribution in [0.2, 0.25) is 0 Å². The predicted molar refractivity (Wildman–Crippen MR) is 136 cm³/mol. The van der Waals surface area contributed by atoms with Gasteiger partial charge in [-0.1, -0.05) is 59.1 Å². The molecule has 0 saturated heterocycles. The van der Waals surface area contributed by atoms with Gasteiger partial charge in [-0.15, -0.1) is 0 Å². The van der Waals surface area contributed by atoms with E-state index in [-0.39, 0.29) is 5.82 Å². The quantitative estimate of drug-likeness (QED) is 0.312. The topological polar surface area (TPSA) is 24.9 Å². The fourth-order valence-corrected chi connectivity index (χ4v) is 4.77. The molecule has 0 radical (unpaired) electrons. The summed E-state index contributed by atoms with van der Waals surface area (Å²) in [5.74, 6) is 0.610. The zero-order chi connectivity index (χ0) is 22.9. The van der Waals surface area contributed by atoms with E-state index in [9.17, 15) is 4.39 Å². The second-order valence-corrected chi connectivity index (χ2v) is 8.78. The lowest BCUT2D eigenvalue weighted by Crippen LogP contribution is -2.04. The fourth-order valence-electron chi connectivity index (χ4n) is 4.77. The second-order valence-electron chi connectivity index (χ2n) is 8.78. The molecule has 1 heterocycles. The Hall–Kier alpha value is -2.68. The highest BCUT2D eigenvalue weighted by Gasteiger charge is 2.13. The summed E-state index contributed by atoms with van der Waals surface area (Å²) in [6.45, 7) is 10.4. The van der Waals surface area contributed by atoms with Crippen molar-refractivity contribution >= 4 is 16.6 Å². The number of rotatable bonds is 12. The van der Waals surface area contributed by atoms with Crippen LogP contribution in [0.25, 0.3) is 10.9 Å². The zero-order valence-corrected chi connectivity index (χ0v) is 19.9. The summed E-state index contributed by atoms with van der Waals surface area (Å²) in [6, 6.07) is 11.9. The number of pyridine rings is 1. The minimum atomic E-state index is -0.202. The molecule has 1 aromatic heterocycles. The van der Waals surface area contributed by atoms with Gasteiger partial charge < -0.3 is 5.32 Å². The number of aromatic nitrogens is 1. The molecule has 0 saturated carbocycles. The van der Waals surface area contributed by atoms with E-state index in [0.29, 0.717) is 17.7 Å². The fraction of sp³-hybridized carbons (Fsp3) is 0.414. The van der Waals surface area contributed by atoms with Crippen LogP contribution in [0.15, 0.2) is 55.4 Å². The maximum atomic E-state index is 14.7. The van der Waals surface area contributed by atoms with Gasteiger partial charge in [-0.25, -0.2) is 4.39 Å². The van der Waals surface area contributed by atoms with Crippen molar-refractivity contribution in [2.75, 3.05) is 5.32 Å². The van der Waals surface area contributed by atoms with Gasteiger partial charge in [-0.2, -0.15) is 0 Å². The third kappa shape index (κ3) is 5.97. The molecule has 0 bridgehead atoms. The van der Waals surface area contributed by atoms with Gasteiger partial charge >= 0.3 is 0 Å². The number of benzene rings is 2. The number of nitrogens with one attached hydrogen (secondary N) is 1. The van der Waals surface area contributed by atoms with Gasteiger partial charge in [0.05, 0.1) is 5.52 Å². The van der Waals surface area contributed by atoms with E-state index < -0.39 is 0 Å². The monoisotopic (exact) mass is 432 g/mol.